The van der Waals surface area contributed by atoms with Crippen LogP contribution in [0.2, 0.25) is 0 Å². The molecule has 5 N–H and O–H groups in total. The minimum Gasteiger partial charge on any atom is -0.505 e. The summed E-state index contributed by atoms with van der Waals surface area (Å²) in [6, 6.07) is 5.59. The third-order valence-electron chi connectivity index (χ3n) is 8.21. The van der Waals surface area contributed by atoms with Gasteiger partial charge in [-0.25, -0.2) is 19.2 Å². The quantitative estimate of drug-likeness (QED) is 0.174. The number of aliphatic hydroxyl groups excluding tert-OH is 1. The number of fused-ring (bicyclic) bond motifs is 5. The van der Waals surface area contributed by atoms with E-state index in [4.69, 9.17) is 24.9 Å². The van der Waals surface area contributed by atoms with Crippen molar-refractivity contribution in [3.8, 4) is 5.75 Å². The van der Waals surface area contributed by atoms with Crippen LogP contribution in [0.15, 0.2) is 59.7 Å². The van der Waals surface area contributed by atoms with Gasteiger partial charge in [-0.05, 0) is 56.4 Å². The number of halogens is 1. The zero-order valence-corrected chi connectivity index (χ0v) is 26.8. The number of anilines is 1. The third-order valence-corrected chi connectivity index (χ3v) is 8.21. The molecule has 12 heteroatoms. The first-order valence-electron chi connectivity index (χ1n) is 15.0. The van der Waals surface area contributed by atoms with Crippen LogP contribution in [0.1, 0.15) is 39.7 Å². The zero-order chi connectivity index (χ0) is 33.7. The molecule has 246 valence electrons. The maximum Gasteiger partial charge on any atom is 0.405 e. The van der Waals surface area contributed by atoms with Crippen molar-refractivity contribution in [1.29, 1.82) is 0 Å². The van der Waals surface area contributed by atoms with Gasteiger partial charge in [0.25, 0.3) is 5.91 Å². The number of benzene rings is 2. The second-order valence-electron chi connectivity index (χ2n) is 11.8. The van der Waals surface area contributed by atoms with Gasteiger partial charge in [-0.3, -0.25) is 4.79 Å². The van der Waals surface area contributed by atoms with Gasteiger partial charge in [0.1, 0.15) is 17.7 Å². The fourth-order valence-corrected chi connectivity index (χ4v) is 5.74. The summed E-state index contributed by atoms with van der Waals surface area (Å²) in [5.41, 5.74) is 8.37. The number of phenolic OH excluding ortho intramolecular Hbond substituents is 1. The number of methoxy groups -OCH3 is 2. The Morgan fingerprint density at radius 1 is 1.09 bits per heavy atom. The van der Waals surface area contributed by atoms with E-state index in [1.165, 1.54) is 38.5 Å². The number of carbonyl (C=O) groups excluding carboxylic acids is 2. The number of ether oxygens (including phenoxy) is 3. The van der Waals surface area contributed by atoms with Crippen molar-refractivity contribution in [3.05, 3.63) is 71.1 Å². The van der Waals surface area contributed by atoms with E-state index in [0.29, 0.717) is 51.6 Å². The summed E-state index contributed by atoms with van der Waals surface area (Å²) in [4.78, 5) is 34.4. The molecule has 0 saturated carbocycles. The monoisotopic (exact) mass is 636 g/mol. The lowest BCUT2D eigenvalue weighted by Gasteiger charge is -2.29. The van der Waals surface area contributed by atoms with Gasteiger partial charge < -0.3 is 35.5 Å². The van der Waals surface area contributed by atoms with E-state index in [9.17, 15) is 24.2 Å². The lowest BCUT2D eigenvalue weighted by Crippen LogP contribution is -2.37. The van der Waals surface area contributed by atoms with Crippen LogP contribution in [-0.4, -0.2) is 70.8 Å². The largest absolute Gasteiger partial charge is 0.505 e. The number of nitrogens with zero attached hydrogens (tertiary/aromatic N) is 2. The Balaban J connectivity index is 1.86. The third kappa shape index (κ3) is 7.87. The molecule has 2 bridgehead atoms. The second-order valence-corrected chi connectivity index (χ2v) is 11.8. The van der Waals surface area contributed by atoms with Crippen LogP contribution in [0, 0.1) is 17.7 Å². The summed E-state index contributed by atoms with van der Waals surface area (Å²) >= 11 is 0. The minimum atomic E-state index is -0.995. The number of aliphatic hydroxyl groups is 1. The van der Waals surface area contributed by atoms with Crippen LogP contribution in [0.25, 0.3) is 22.1 Å². The van der Waals surface area contributed by atoms with E-state index >= 15 is 0 Å². The Labute approximate surface area is 266 Å². The number of nitrogens with one attached hydrogen (secondary N) is 1. The highest BCUT2D eigenvalue weighted by Crippen LogP contribution is 2.37. The van der Waals surface area contributed by atoms with Gasteiger partial charge in [-0.1, -0.05) is 38.2 Å². The molecule has 0 aliphatic carbocycles. The molecule has 2 heterocycles. The standard InChI is InChI=1S/C34H41FN4O7/c1-17-12-22-29-25(37-24-15-21(35)10-11-23(24)38-29)16-26(31(22)41)39-33(42)18(2)8-7-9-27(44-5)32(46-34(36)43)20(4)14-19(3)30(40)28(13-17)45-6/h7-11,14-17,19,27-28,30,32,40-41H,12-13H2,1-6H3,(H2,36,43)(H,39,42)/b9-7-,18-8+,20-14+. The molecule has 46 heavy (non-hydrogen) atoms. The highest BCUT2D eigenvalue weighted by Gasteiger charge is 2.30. The zero-order valence-electron chi connectivity index (χ0n) is 26.8. The van der Waals surface area contributed by atoms with Crippen molar-refractivity contribution in [2.45, 2.75) is 65.0 Å². The Bertz CT molecular complexity index is 1710. The molecule has 6 atom stereocenters. The van der Waals surface area contributed by atoms with Crippen molar-refractivity contribution in [3.63, 3.8) is 0 Å². The molecule has 2 amide bonds. The number of aromatic hydroxyl groups is 1. The minimum absolute atomic E-state index is 0.112. The SMILES string of the molecule is COC1/C=C\C=C(/C)C(=O)Nc2cc3nc4cc(F)ccc4nc3c(c2O)CC(C)CC(OC)C(O)C(C)/C=C(\C)C1OC(N)=O. The smallest absolute Gasteiger partial charge is 0.405 e. The summed E-state index contributed by atoms with van der Waals surface area (Å²) in [7, 11) is 2.96. The van der Waals surface area contributed by atoms with Crippen molar-refractivity contribution in [2.24, 2.45) is 17.6 Å². The molecule has 3 aromatic rings. The molecule has 11 nitrogen and oxygen atoms in total. The van der Waals surface area contributed by atoms with Crippen molar-refractivity contribution < 1.29 is 38.4 Å². The maximum atomic E-state index is 14.0. The van der Waals surface area contributed by atoms with Gasteiger partial charge in [-0.15, -0.1) is 0 Å². The van der Waals surface area contributed by atoms with Gasteiger partial charge in [0, 0.05) is 37.3 Å². The van der Waals surface area contributed by atoms with Gasteiger partial charge in [0.15, 0.2) is 6.10 Å². The summed E-state index contributed by atoms with van der Waals surface area (Å²) < 4.78 is 30.7. The predicted octanol–water partition coefficient (Wildman–Crippen LogP) is 5.09. The van der Waals surface area contributed by atoms with Crippen molar-refractivity contribution in [2.75, 3.05) is 19.5 Å². The molecule has 6 unspecified atom stereocenters. The summed E-state index contributed by atoms with van der Waals surface area (Å²) in [6.07, 6.45) is 2.98. The Hall–Kier alpha value is -4.39. The average molecular weight is 637 g/mol. The molecule has 1 aliphatic rings. The highest BCUT2D eigenvalue weighted by atomic mass is 19.1. The van der Waals surface area contributed by atoms with E-state index in [1.807, 2.05) is 13.8 Å². The maximum absolute atomic E-state index is 14.0. The van der Waals surface area contributed by atoms with Crippen LogP contribution >= 0.6 is 0 Å². The summed E-state index contributed by atoms with van der Waals surface area (Å²) in [6.45, 7) is 7.11. The Kier molecular flexibility index (Phi) is 11.1. The van der Waals surface area contributed by atoms with Crippen LogP contribution in [-0.2, 0) is 25.4 Å². The number of nitrogens with two attached hydrogens (primary N) is 1. The highest BCUT2D eigenvalue weighted by molar-refractivity contribution is 6.06. The van der Waals surface area contributed by atoms with E-state index < -0.39 is 48.2 Å². The first-order valence-corrected chi connectivity index (χ1v) is 15.0. The molecular formula is C34H41FN4O7. The van der Waals surface area contributed by atoms with Crippen molar-refractivity contribution >= 4 is 39.8 Å². The fraction of sp³-hybridized carbons (Fsp3) is 0.412. The van der Waals surface area contributed by atoms with Crippen LogP contribution in [0.4, 0.5) is 14.9 Å². The van der Waals surface area contributed by atoms with E-state index in [2.05, 4.69) is 10.3 Å². The number of amides is 2. The number of phenols is 1. The molecule has 0 spiro atoms. The molecule has 0 fully saturated rings. The number of hydrogen-bond donors (Lipinski definition) is 4. The van der Waals surface area contributed by atoms with E-state index in [1.54, 1.807) is 38.2 Å². The summed E-state index contributed by atoms with van der Waals surface area (Å²) in [5, 5.41) is 25.6. The number of hydrogen-bond acceptors (Lipinski definition) is 9. The molecule has 4 rings (SSSR count). The van der Waals surface area contributed by atoms with Crippen LogP contribution < -0.4 is 11.1 Å². The normalized spacial score (nSPS) is 28.1. The predicted molar refractivity (Wildman–Crippen MR) is 173 cm³/mol. The van der Waals surface area contributed by atoms with Gasteiger partial charge >= 0.3 is 6.09 Å². The van der Waals surface area contributed by atoms with Gasteiger partial charge in [0.2, 0.25) is 0 Å². The van der Waals surface area contributed by atoms with Gasteiger partial charge in [-0.2, -0.15) is 0 Å². The molecule has 2 aromatic carbocycles. The average Bonchev–Trinajstić information content (AvgIpc) is 3.01. The lowest BCUT2D eigenvalue weighted by molar-refractivity contribution is -0.112. The molecule has 1 aromatic heterocycles. The van der Waals surface area contributed by atoms with Crippen molar-refractivity contribution in [1.82, 2.24) is 9.97 Å². The van der Waals surface area contributed by atoms with Crippen LogP contribution in [0.5, 0.6) is 5.75 Å². The number of allylic oxidation sites excluding steroid dienone is 2. The van der Waals surface area contributed by atoms with E-state index in [-0.39, 0.29) is 17.4 Å². The number of primary amides is 1. The molecular weight excluding hydrogens is 595 g/mol. The van der Waals surface area contributed by atoms with Gasteiger partial charge in [0.05, 0.1) is 40.0 Å². The topological polar surface area (TPSA) is 166 Å². The Morgan fingerprint density at radius 3 is 2.50 bits per heavy atom. The molecule has 1 aliphatic heterocycles. The first kappa shape index (κ1) is 34.5. The second kappa shape index (κ2) is 14.8. The number of aromatic nitrogens is 2. The number of carbonyl (C=O) groups is 2. The molecule has 0 saturated heterocycles. The Morgan fingerprint density at radius 2 is 1.83 bits per heavy atom. The number of rotatable bonds is 3. The summed E-state index contributed by atoms with van der Waals surface area (Å²) in [5.74, 6) is -1.72. The molecule has 0 radical (unpaired) electrons. The lowest BCUT2D eigenvalue weighted by atomic mass is 9.87. The first-order chi connectivity index (χ1) is 21.8. The van der Waals surface area contributed by atoms with Crippen LogP contribution in [0.3, 0.4) is 0 Å². The van der Waals surface area contributed by atoms with E-state index in [0.717, 1.165) is 0 Å². The fourth-order valence-electron chi connectivity index (χ4n) is 5.74.